The average molecular weight is 381 g/mol. The zero-order valence-corrected chi connectivity index (χ0v) is 14.3. The van der Waals surface area contributed by atoms with E-state index in [1.54, 1.807) is 10.7 Å². The first kappa shape index (κ1) is 16.1. The molecule has 0 unspecified atom stereocenters. The smallest absolute Gasteiger partial charge is 0.225 e. The van der Waals surface area contributed by atoms with Crippen molar-refractivity contribution in [2.45, 2.75) is 12.5 Å². The van der Waals surface area contributed by atoms with E-state index in [1.165, 1.54) is 12.1 Å². The number of aryl methyl sites for hydroxylation is 1. The second kappa shape index (κ2) is 6.80. The highest BCUT2D eigenvalue weighted by Gasteiger charge is 2.34. The molecule has 2 aromatic rings. The van der Waals surface area contributed by atoms with Crippen LogP contribution in [-0.2, 0) is 18.4 Å². The fourth-order valence-electron chi connectivity index (χ4n) is 2.91. The molecule has 1 amide bonds. The van der Waals surface area contributed by atoms with Crippen LogP contribution in [0.25, 0.3) is 0 Å². The second-order valence-electron chi connectivity index (χ2n) is 5.77. The molecule has 2 atom stereocenters. The van der Waals surface area contributed by atoms with Gasteiger partial charge in [-0.25, -0.2) is 4.39 Å². The Hall–Kier alpha value is -1.73. The number of aromatic nitrogens is 2. The van der Waals surface area contributed by atoms with Crippen molar-refractivity contribution in [3.05, 3.63) is 52.0 Å². The van der Waals surface area contributed by atoms with E-state index in [0.717, 1.165) is 17.7 Å². The lowest BCUT2D eigenvalue weighted by atomic mass is 9.90. The van der Waals surface area contributed by atoms with Gasteiger partial charge in [-0.1, -0.05) is 22.0 Å². The molecular formula is C16H18BrFN4O. The lowest BCUT2D eigenvalue weighted by Gasteiger charge is -2.17. The zero-order chi connectivity index (χ0) is 16.4. The van der Waals surface area contributed by atoms with Gasteiger partial charge in [0.15, 0.2) is 0 Å². The predicted octanol–water partition coefficient (Wildman–Crippen LogP) is 1.94. The summed E-state index contributed by atoms with van der Waals surface area (Å²) in [7, 11) is 1.87. The van der Waals surface area contributed by atoms with E-state index in [-0.39, 0.29) is 23.6 Å². The van der Waals surface area contributed by atoms with Crippen molar-refractivity contribution in [2.24, 2.45) is 13.0 Å². The molecule has 5 nitrogen and oxygen atoms in total. The normalized spacial score (nSPS) is 20.7. The number of carbonyl (C=O) groups excluding carboxylic acids is 1. The van der Waals surface area contributed by atoms with Gasteiger partial charge in [-0.15, -0.1) is 0 Å². The van der Waals surface area contributed by atoms with Crippen LogP contribution in [0.2, 0.25) is 0 Å². The van der Waals surface area contributed by atoms with Crippen molar-refractivity contribution < 1.29 is 9.18 Å². The van der Waals surface area contributed by atoms with Gasteiger partial charge in [-0.05, 0) is 23.3 Å². The van der Waals surface area contributed by atoms with E-state index < -0.39 is 0 Å². The maximum Gasteiger partial charge on any atom is 0.225 e. The maximum atomic E-state index is 13.1. The number of nitrogens with zero attached hydrogens (tertiary/aromatic N) is 2. The summed E-state index contributed by atoms with van der Waals surface area (Å²) < 4.78 is 15.5. The van der Waals surface area contributed by atoms with Gasteiger partial charge in [-0.3, -0.25) is 9.48 Å². The Balaban J connectivity index is 1.65. The minimum Gasteiger partial charge on any atom is -0.352 e. The highest BCUT2D eigenvalue weighted by atomic mass is 79.9. The Morgan fingerprint density at radius 3 is 3.04 bits per heavy atom. The number of benzene rings is 1. The van der Waals surface area contributed by atoms with Crippen LogP contribution in [0.1, 0.15) is 17.0 Å². The number of amides is 1. The molecule has 1 saturated heterocycles. The van der Waals surface area contributed by atoms with Crippen LogP contribution in [0.5, 0.6) is 0 Å². The number of hydrogen-bond acceptors (Lipinski definition) is 3. The Bertz CT molecular complexity index is 718. The third kappa shape index (κ3) is 3.61. The van der Waals surface area contributed by atoms with Gasteiger partial charge < -0.3 is 10.6 Å². The summed E-state index contributed by atoms with van der Waals surface area (Å²) in [6, 6.07) is 4.46. The van der Waals surface area contributed by atoms with Gasteiger partial charge in [0.05, 0.1) is 12.1 Å². The topological polar surface area (TPSA) is 59.0 Å². The molecule has 1 aliphatic heterocycles. The highest BCUT2D eigenvalue weighted by Crippen LogP contribution is 2.28. The molecule has 1 fully saturated rings. The van der Waals surface area contributed by atoms with Crippen molar-refractivity contribution in [3.8, 4) is 0 Å². The van der Waals surface area contributed by atoms with Crippen molar-refractivity contribution in [1.29, 1.82) is 0 Å². The summed E-state index contributed by atoms with van der Waals surface area (Å²) in [6.45, 7) is 1.79. The number of nitrogens with one attached hydrogen (secondary N) is 2. The van der Waals surface area contributed by atoms with E-state index in [1.807, 2.05) is 19.4 Å². The lowest BCUT2D eigenvalue weighted by molar-refractivity contribution is -0.125. The molecule has 1 aliphatic rings. The van der Waals surface area contributed by atoms with Crippen LogP contribution in [0.3, 0.4) is 0 Å². The van der Waals surface area contributed by atoms with Gasteiger partial charge in [-0.2, -0.15) is 5.10 Å². The molecule has 7 heteroatoms. The van der Waals surface area contributed by atoms with E-state index in [4.69, 9.17) is 0 Å². The molecule has 122 valence electrons. The molecule has 0 spiro atoms. The summed E-state index contributed by atoms with van der Waals surface area (Å²) >= 11 is 3.32. The largest absolute Gasteiger partial charge is 0.352 e. The van der Waals surface area contributed by atoms with E-state index >= 15 is 0 Å². The first-order chi connectivity index (χ1) is 11.0. The van der Waals surface area contributed by atoms with Gasteiger partial charge in [0.1, 0.15) is 5.82 Å². The van der Waals surface area contributed by atoms with Crippen molar-refractivity contribution in [1.82, 2.24) is 20.4 Å². The Morgan fingerprint density at radius 2 is 2.35 bits per heavy atom. The molecule has 3 rings (SSSR count). The van der Waals surface area contributed by atoms with Crippen molar-refractivity contribution in [2.75, 3.05) is 13.1 Å². The van der Waals surface area contributed by atoms with Gasteiger partial charge in [0.2, 0.25) is 5.91 Å². The fraction of sp³-hybridized carbons (Fsp3) is 0.375. The van der Waals surface area contributed by atoms with Crippen LogP contribution >= 0.6 is 15.9 Å². The Labute approximate surface area is 142 Å². The number of rotatable bonds is 4. The second-order valence-corrected chi connectivity index (χ2v) is 6.63. The molecule has 0 aliphatic carbocycles. The SMILES string of the molecule is Cn1cc([C@H]2CNC[C@@H]2C(=O)NCc2ccc(F)cc2Br)cn1. The predicted molar refractivity (Wildman–Crippen MR) is 88.3 cm³/mol. The maximum absolute atomic E-state index is 13.1. The first-order valence-electron chi connectivity index (χ1n) is 7.45. The molecule has 2 heterocycles. The monoisotopic (exact) mass is 380 g/mol. The summed E-state index contributed by atoms with van der Waals surface area (Å²) in [5.41, 5.74) is 1.92. The van der Waals surface area contributed by atoms with Gasteiger partial charge in [0.25, 0.3) is 0 Å². The zero-order valence-electron chi connectivity index (χ0n) is 12.7. The fourth-order valence-corrected chi connectivity index (χ4v) is 3.41. The first-order valence-corrected chi connectivity index (χ1v) is 8.25. The lowest BCUT2D eigenvalue weighted by Crippen LogP contribution is -2.34. The van der Waals surface area contributed by atoms with Crippen LogP contribution in [0.15, 0.2) is 35.1 Å². The van der Waals surface area contributed by atoms with Crippen LogP contribution in [-0.4, -0.2) is 28.8 Å². The standard InChI is InChI=1S/C16H18BrFN4O/c1-22-9-11(6-21-22)13-7-19-8-14(13)16(23)20-5-10-2-3-12(18)4-15(10)17/h2-4,6,9,13-14,19H,5,7-8H2,1H3,(H,20,23)/t13-,14+/m1/s1. The van der Waals surface area contributed by atoms with Gasteiger partial charge >= 0.3 is 0 Å². The highest BCUT2D eigenvalue weighted by molar-refractivity contribution is 9.10. The third-order valence-electron chi connectivity index (χ3n) is 4.17. The summed E-state index contributed by atoms with van der Waals surface area (Å²) in [4.78, 5) is 12.5. The minimum atomic E-state index is -0.302. The molecule has 23 heavy (non-hydrogen) atoms. The van der Waals surface area contributed by atoms with E-state index in [9.17, 15) is 9.18 Å². The van der Waals surface area contributed by atoms with Crippen molar-refractivity contribution >= 4 is 21.8 Å². The quantitative estimate of drug-likeness (QED) is 0.851. The molecule has 1 aromatic heterocycles. The summed E-state index contributed by atoms with van der Waals surface area (Å²) in [6.07, 6.45) is 3.77. The van der Waals surface area contributed by atoms with Crippen LogP contribution in [0.4, 0.5) is 4.39 Å². The molecule has 0 radical (unpaired) electrons. The summed E-state index contributed by atoms with van der Waals surface area (Å²) in [5.74, 6) is -0.303. The van der Waals surface area contributed by atoms with Crippen LogP contribution in [0, 0.1) is 11.7 Å². The number of hydrogen-bond donors (Lipinski definition) is 2. The Morgan fingerprint density at radius 1 is 1.52 bits per heavy atom. The molecule has 0 bridgehead atoms. The van der Waals surface area contributed by atoms with Gasteiger partial charge in [0, 0.05) is 43.3 Å². The van der Waals surface area contributed by atoms with Crippen LogP contribution < -0.4 is 10.6 Å². The van der Waals surface area contributed by atoms with E-state index in [0.29, 0.717) is 17.6 Å². The molecule has 2 N–H and O–H groups in total. The minimum absolute atomic E-state index is 0.0000723. The van der Waals surface area contributed by atoms with Crippen molar-refractivity contribution in [3.63, 3.8) is 0 Å². The van der Waals surface area contributed by atoms with E-state index in [2.05, 4.69) is 31.7 Å². The number of carbonyl (C=O) groups is 1. The molecular weight excluding hydrogens is 363 g/mol. The average Bonchev–Trinajstić information content (AvgIpc) is 3.14. The summed E-state index contributed by atoms with van der Waals surface area (Å²) in [5, 5.41) is 10.4. The molecule has 1 aromatic carbocycles. The molecule has 0 saturated carbocycles. The Kier molecular flexibility index (Phi) is 4.77. The third-order valence-corrected chi connectivity index (χ3v) is 4.91. The number of halogens is 2.